The van der Waals surface area contributed by atoms with Crippen molar-refractivity contribution in [2.24, 2.45) is 10.8 Å². The number of methoxy groups -OCH3 is 2. The highest BCUT2D eigenvalue weighted by Crippen LogP contribution is 2.51. The van der Waals surface area contributed by atoms with Crippen LogP contribution in [-0.2, 0) is 16.3 Å². The predicted octanol–water partition coefficient (Wildman–Crippen LogP) is 9.91. The molecule has 6 rings (SSSR count). The molecule has 8 nitrogen and oxygen atoms in total. The monoisotopic (exact) mass is 810 g/mol. The van der Waals surface area contributed by atoms with Crippen molar-refractivity contribution in [1.82, 2.24) is 0 Å². The number of aldehydes is 2. The zero-order valence-electron chi connectivity index (χ0n) is 35.1. The Kier molecular flexibility index (Phi) is 15.2. The van der Waals surface area contributed by atoms with E-state index in [1.165, 1.54) is 17.7 Å². The van der Waals surface area contributed by atoms with Gasteiger partial charge in [0.05, 0.1) is 37.1 Å². The van der Waals surface area contributed by atoms with Crippen LogP contribution in [0, 0.1) is 10.8 Å². The molecule has 4 aromatic rings. The Morgan fingerprint density at radius 1 is 0.672 bits per heavy atom. The maximum Gasteiger partial charge on any atom is 0.179 e. The van der Waals surface area contributed by atoms with E-state index in [4.69, 9.17) is 9.47 Å². The fourth-order valence-electron chi connectivity index (χ4n) is 9.49. The van der Waals surface area contributed by atoms with Gasteiger partial charge >= 0.3 is 0 Å². The van der Waals surface area contributed by atoms with E-state index in [0.717, 1.165) is 80.1 Å². The molecule has 0 saturated heterocycles. The quantitative estimate of drug-likeness (QED) is 0.0952. The third kappa shape index (κ3) is 9.27. The van der Waals surface area contributed by atoms with E-state index >= 15 is 0 Å². The summed E-state index contributed by atoms with van der Waals surface area (Å²) < 4.78 is 37.7. The maximum atomic E-state index is 13.5. The number of benzene rings is 4. The highest BCUT2D eigenvalue weighted by molar-refractivity contribution is 7.91. The van der Waals surface area contributed by atoms with Crippen molar-refractivity contribution in [3.63, 3.8) is 0 Å². The normalized spacial score (nSPS) is 24.8. The van der Waals surface area contributed by atoms with Crippen LogP contribution in [0.5, 0.6) is 11.5 Å². The van der Waals surface area contributed by atoms with Crippen molar-refractivity contribution in [3.05, 3.63) is 124 Å². The largest absolute Gasteiger partial charge is 0.497 e. The average Bonchev–Trinajstić information content (AvgIpc) is 3.42. The van der Waals surface area contributed by atoms with Crippen LogP contribution in [-0.4, -0.2) is 63.4 Å². The van der Waals surface area contributed by atoms with Crippen molar-refractivity contribution in [1.29, 1.82) is 0 Å². The second-order valence-electron chi connectivity index (χ2n) is 16.3. The molecule has 0 radical (unpaired) electrons. The molecule has 1 heterocycles. The Hall–Kier alpha value is -4.31. The van der Waals surface area contributed by atoms with Gasteiger partial charge in [0.25, 0.3) is 0 Å². The predicted molar refractivity (Wildman–Crippen MR) is 230 cm³/mol. The third-order valence-electron chi connectivity index (χ3n) is 13.1. The van der Waals surface area contributed by atoms with Crippen LogP contribution in [0.4, 0.5) is 0 Å². The van der Waals surface area contributed by atoms with E-state index in [9.17, 15) is 28.2 Å². The smallest absolute Gasteiger partial charge is 0.179 e. The van der Waals surface area contributed by atoms with Gasteiger partial charge < -0.3 is 19.7 Å². The molecule has 0 bridgehead atoms. The number of hydrogen-bond donors (Lipinski definition) is 2. The molecule has 0 unspecified atom stereocenters. The van der Waals surface area contributed by atoms with Crippen LogP contribution in [0.1, 0.15) is 146 Å². The molecule has 4 aromatic carbocycles. The molecule has 0 saturated carbocycles. The fraction of sp³-hybridized carbons (Fsp3) is 0.469. The minimum atomic E-state index is -3.65. The number of carbonyl (C=O) groups excluding carboxylic acids is 2. The van der Waals surface area contributed by atoms with Gasteiger partial charge in [0.15, 0.2) is 9.84 Å². The Morgan fingerprint density at radius 3 is 1.69 bits per heavy atom. The summed E-state index contributed by atoms with van der Waals surface area (Å²) >= 11 is 0. The molecule has 0 fully saturated rings. The van der Waals surface area contributed by atoms with Gasteiger partial charge in [-0.1, -0.05) is 95.8 Å². The Balaban J connectivity index is 0.000000221. The lowest BCUT2D eigenvalue weighted by molar-refractivity contribution is -0.00159. The van der Waals surface area contributed by atoms with Gasteiger partial charge in [-0.05, 0) is 114 Å². The number of rotatable bonds is 14. The summed E-state index contributed by atoms with van der Waals surface area (Å²) in [5.41, 5.74) is 4.78. The molecular weight excluding hydrogens is 749 g/mol. The number of ether oxygens (including phenoxy) is 2. The first kappa shape index (κ1) is 44.8. The fourth-order valence-corrected chi connectivity index (χ4v) is 11.7. The first-order valence-electron chi connectivity index (χ1n) is 20.9. The highest BCUT2D eigenvalue weighted by atomic mass is 32.2. The lowest BCUT2D eigenvalue weighted by atomic mass is 9.67. The Bertz CT molecular complexity index is 2130. The summed E-state index contributed by atoms with van der Waals surface area (Å²) in [6.07, 6.45) is 9.22. The van der Waals surface area contributed by atoms with Gasteiger partial charge in [-0.3, -0.25) is 9.59 Å². The van der Waals surface area contributed by atoms with E-state index in [0.29, 0.717) is 41.6 Å². The summed E-state index contributed by atoms with van der Waals surface area (Å²) in [6.45, 7) is 8.42. The van der Waals surface area contributed by atoms with Crippen molar-refractivity contribution >= 4 is 22.4 Å². The van der Waals surface area contributed by atoms with E-state index in [1.807, 2.05) is 61.5 Å². The maximum absolute atomic E-state index is 13.5. The summed E-state index contributed by atoms with van der Waals surface area (Å²) in [7, 11) is -0.412. The van der Waals surface area contributed by atoms with Gasteiger partial charge in [0, 0.05) is 28.4 Å². The van der Waals surface area contributed by atoms with Crippen LogP contribution in [0.25, 0.3) is 0 Å². The molecule has 1 aliphatic heterocycles. The van der Waals surface area contributed by atoms with E-state index in [-0.39, 0.29) is 22.0 Å². The van der Waals surface area contributed by atoms with Gasteiger partial charge in [0.2, 0.25) is 0 Å². The first-order chi connectivity index (χ1) is 27.9. The topological polar surface area (TPSA) is 127 Å². The SMILES string of the molecule is CCCC[C@]1(CC)CCc2ccc(C=O)cc2[C@H](c2cccc(OC)c2)[C@@H]1O.CCCC[C@]1(CC)CS(=O)(=O)c2ccc(C=O)cc2[C@@H](c2cccc(OC)c2)[C@H]1O. The molecular formula is C49H62O8S. The highest BCUT2D eigenvalue weighted by Gasteiger charge is 2.49. The minimum Gasteiger partial charge on any atom is -0.497 e. The molecule has 6 atom stereocenters. The van der Waals surface area contributed by atoms with E-state index in [2.05, 4.69) is 32.9 Å². The number of fused-ring (bicyclic) bond motifs is 2. The number of aliphatic hydroxyl groups is 2. The van der Waals surface area contributed by atoms with E-state index < -0.39 is 33.4 Å². The third-order valence-corrected chi connectivity index (χ3v) is 15.1. The standard InChI is InChI=1S/C25H32O3.C24H30O5S/c1-4-6-13-25(5-2)14-12-19-11-10-18(17-26)15-22(19)23(24(25)27)20-8-7-9-21(16-20)28-3;1-4-6-12-24(5-2)16-30(27,28)21-11-10-17(15-25)13-20(21)22(23(24)26)18-8-7-9-19(14-18)29-3/h7-11,15-17,23-24,27H,4-6,12-14H2,1-3H3;7-11,13-15,22-23,26H,4-6,12,16H2,1-3H3/t23-,24-,25+;22-,23-,24-/m01/s1. The van der Waals surface area contributed by atoms with Crippen LogP contribution < -0.4 is 9.47 Å². The second-order valence-corrected chi connectivity index (χ2v) is 18.2. The lowest BCUT2D eigenvalue weighted by Gasteiger charge is -2.40. The molecule has 0 amide bonds. The molecule has 2 aliphatic rings. The van der Waals surface area contributed by atoms with Crippen LogP contribution in [0.2, 0.25) is 0 Å². The zero-order chi connectivity index (χ0) is 42.1. The number of aliphatic hydroxyl groups excluding tert-OH is 2. The van der Waals surface area contributed by atoms with Crippen LogP contribution >= 0.6 is 0 Å². The minimum absolute atomic E-state index is 0.106. The molecule has 0 aromatic heterocycles. The van der Waals surface area contributed by atoms with Gasteiger partial charge in [0.1, 0.15) is 24.1 Å². The average molecular weight is 811 g/mol. The van der Waals surface area contributed by atoms with Crippen molar-refractivity contribution in [3.8, 4) is 11.5 Å². The van der Waals surface area contributed by atoms with Crippen molar-refractivity contribution in [2.45, 2.75) is 121 Å². The van der Waals surface area contributed by atoms with Gasteiger partial charge in [-0.25, -0.2) is 8.42 Å². The van der Waals surface area contributed by atoms with Gasteiger partial charge in [-0.15, -0.1) is 0 Å². The Labute approximate surface area is 345 Å². The van der Waals surface area contributed by atoms with Crippen molar-refractivity contribution < 1.29 is 37.7 Å². The number of sulfone groups is 1. The number of hydrogen-bond acceptors (Lipinski definition) is 8. The molecule has 58 heavy (non-hydrogen) atoms. The Morgan fingerprint density at radius 2 is 1.17 bits per heavy atom. The van der Waals surface area contributed by atoms with Gasteiger partial charge in [-0.2, -0.15) is 0 Å². The summed E-state index contributed by atoms with van der Waals surface area (Å²) in [6, 6.07) is 26.0. The molecule has 312 valence electrons. The van der Waals surface area contributed by atoms with Crippen molar-refractivity contribution in [2.75, 3.05) is 20.0 Å². The number of carbonyl (C=O) groups is 2. The first-order valence-corrected chi connectivity index (χ1v) is 22.6. The summed E-state index contributed by atoms with van der Waals surface area (Å²) in [5.74, 6) is 0.576. The molecule has 1 aliphatic carbocycles. The lowest BCUT2D eigenvalue weighted by Crippen LogP contribution is -2.42. The summed E-state index contributed by atoms with van der Waals surface area (Å²) in [4.78, 5) is 23.1. The van der Waals surface area contributed by atoms with Crippen LogP contribution in [0.3, 0.4) is 0 Å². The molecule has 0 spiro atoms. The van der Waals surface area contributed by atoms with E-state index in [1.54, 1.807) is 20.3 Å². The number of unbranched alkanes of at least 4 members (excludes halogenated alkanes) is 2. The molecule has 9 heteroatoms. The van der Waals surface area contributed by atoms with Crippen LogP contribution in [0.15, 0.2) is 89.8 Å². The second kappa shape index (κ2) is 19.6. The summed E-state index contributed by atoms with van der Waals surface area (Å²) in [5, 5.41) is 23.5. The number of aryl methyl sites for hydroxylation is 1. The zero-order valence-corrected chi connectivity index (χ0v) is 35.9. The molecule has 2 N–H and O–H groups in total.